The summed E-state index contributed by atoms with van der Waals surface area (Å²) in [5, 5.41) is 17.8. The monoisotopic (exact) mass is 180 g/mol. The van der Waals surface area contributed by atoms with Crippen molar-refractivity contribution in [3.05, 3.63) is 17.7 Å². The Morgan fingerprint density at radius 3 is 2.38 bits per heavy atom. The van der Waals surface area contributed by atoms with Gasteiger partial charge in [-0.05, 0) is 6.92 Å². The first-order chi connectivity index (χ1) is 6.02. The average molecular weight is 180 g/mol. The van der Waals surface area contributed by atoms with Crippen molar-refractivity contribution in [3.63, 3.8) is 0 Å². The van der Waals surface area contributed by atoms with Crippen LogP contribution in [0.25, 0.3) is 0 Å². The Morgan fingerprint density at radius 1 is 1.38 bits per heavy atom. The van der Waals surface area contributed by atoms with Gasteiger partial charge in [0, 0.05) is 23.3 Å². The van der Waals surface area contributed by atoms with Crippen LogP contribution in [-0.4, -0.2) is 27.1 Å². The van der Waals surface area contributed by atoms with Gasteiger partial charge in [-0.3, -0.25) is 0 Å². The van der Waals surface area contributed by atoms with Gasteiger partial charge in [-0.25, -0.2) is 9.97 Å². The van der Waals surface area contributed by atoms with E-state index in [4.69, 9.17) is 10.0 Å². The van der Waals surface area contributed by atoms with Crippen LogP contribution in [0.3, 0.4) is 0 Å². The van der Waals surface area contributed by atoms with Gasteiger partial charge in [0.05, 0.1) is 0 Å². The lowest BCUT2D eigenvalue weighted by atomic mass is 9.80. The van der Waals surface area contributed by atoms with E-state index in [0.29, 0.717) is 11.2 Å². The summed E-state index contributed by atoms with van der Waals surface area (Å²) in [4.78, 5) is 8.19. The van der Waals surface area contributed by atoms with E-state index in [0.717, 1.165) is 5.82 Å². The second kappa shape index (κ2) is 3.85. The predicted molar refractivity (Wildman–Crippen MR) is 50.7 cm³/mol. The first kappa shape index (κ1) is 10.1. The fourth-order valence-electron chi connectivity index (χ4n) is 1.03. The molecule has 0 atom stereocenters. The molecule has 0 bridgehead atoms. The molecule has 5 heteroatoms. The zero-order valence-corrected chi connectivity index (χ0v) is 8.02. The van der Waals surface area contributed by atoms with Gasteiger partial charge in [0.1, 0.15) is 5.82 Å². The van der Waals surface area contributed by atoms with Crippen LogP contribution >= 0.6 is 0 Å². The van der Waals surface area contributed by atoms with Gasteiger partial charge in [0.15, 0.2) is 0 Å². The van der Waals surface area contributed by atoms with Gasteiger partial charge in [-0.2, -0.15) is 0 Å². The van der Waals surface area contributed by atoms with Gasteiger partial charge >= 0.3 is 7.12 Å². The van der Waals surface area contributed by atoms with Crippen LogP contribution in [0, 0.1) is 6.92 Å². The lowest BCUT2D eigenvalue weighted by Gasteiger charge is -2.07. The number of rotatable bonds is 2. The molecule has 1 heterocycles. The van der Waals surface area contributed by atoms with Crippen molar-refractivity contribution in [2.75, 3.05) is 0 Å². The van der Waals surface area contributed by atoms with Crippen LogP contribution in [0.4, 0.5) is 0 Å². The zero-order valence-electron chi connectivity index (χ0n) is 8.02. The Kier molecular flexibility index (Phi) is 3.00. The smallest absolute Gasteiger partial charge is 0.423 e. The Bertz CT molecular complexity index is 302. The number of nitrogens with zero attached hydrogens (tertiary/aromatic N) is 2. The molecule has 0 aromatic carbocycles. The summed E-state index contributed by atoms with van der Waals surface area (Å²) in [6.45, 7) is 5.72. The maximum atomic E-state index is 8.91. The highest BCUT2D eigenvalue weighted by Gasteiger charge is 2.16. The van der Waals surface area contributed by atoms with Crippen molar-refractivity contribution < 1.29 is 10.0 Å². The van der Waals surface area contributed by atoms with Crippen LogP contribution in [0.1, 0.15) is 31.3 Å². The lowest BCUT2D eigenvalue weighted by Crippen LogP contribution is -2.33. The highest BCUT2D eigenvalue weighted by Crippen LogP contribution is 2.06. The van der Waals surface area contributed by atoms with E-state index < -0.39 is 7.12 Å². The molecule has 0 spiro atoms. The molecule has 0 radical (unpaired) electrons. The summed E-state index contributed by atoms with van der Waals surface area (Å²) in [5.74, 6) is 0.977. The summed E-state index contributed by atoms with van der Waals surface area (Å²) < 4.78 is 0. The van der Waals surface area contributed by atoms with E-state index in [9.17, 15) is 0 Å². The molecule has 0 aliphatic rings. The van der Waals surface area contributed by atoms with Crippen LogP contribution in [0.5, 0.6) is 0 Å². The highest BCUT2D eigenvalue weighted by molar-refractivity contribution is 6.58. The topological polar surface area (TPSA) is 66.2 Å². The van der Waals surface area contributed by atoms with Crippen molar-refractivity contribution in [1.82, 2.24) is 9.97 Å². The molecule has 4 nitrogen and oxygen atoms in total. The van der Waals surface area contributed by atoms with Gasteiger partial charge in [-0.15, -0.1) is 0 Å². The first-order valence-electron chi connectivity index (χ1n) is 4.22. The summed E-state index contributed by atoms with van der Waals surface area (Å²) in [6, 6.07) is 0. The molecular weight excluding hydrogens is 167 g/mol. The Balaban J connectivity index is 3.06. The predicted octanol–water partition coefficient (Wildman–Crippen LogP) is -0.412. The van der Waals surface area contributed by atoms with Crippen molar-refractivity contribution >= 4 is 12.6 Å². The van der Waals surface area contributed by atoms with Gasteiger partial charge in [-0.1, -0.05) is 13.8 Å². The molecule has 0 unspecified atom stereocenters. The van der Waals surface area contributed by atoms with Crippen molar-refractivity contribution in [2.45, 2.75) is 26.7 Å². The maximum Gasteiger partial charge on any atom is 0.491 e. The SMILES string of the molecule is Cc1nc(C(C)C)ncc1B(O)O. The minimum Gasteiger partial charge on any atom is -0.423 e. The van der Waals surface area contributed by atoms with Crippen LogP contribution < -0.4 is 5.46 Å². The maximum absolute atomic E-state index is 8.91. The van der Waals surface area contributed by atoms with Crippen LogP contribution in [-0.2, 0) is 0 Å². The summed E-state index contributed by atoms with van der Waals surface area (Å²) in [7, 11) is -1.48. The Morgan fingerprint density at radius 2 is 2.00 bits per heavy atom. The molecule has 0 aliphatic carbocycles. The molecular formula is C8H13BN2O2. The standard InChI is InChI=1S/C8H13BN2O2/c1-5(2)8-10-4-7(9(12)13)6(3)11-8/h4-5,12-13H,1-3H3. The Hall–Kier alpha value is -0.935. The molecule has 70 valence electrons. The molecule has 0 fully saturated rings. The van der Waals surface area contributed by atoms with Gasteiger partial charge < -0.3 is 10.0 Å². The fourth-order valence-corrected chi connectivity index (χ4v) is 1.03. The third-order valence-electron chi connectivity index (χ3n) is 1.83. The molecule has 1 aromatic rings. The van der Waals surface area contributed by atoms with Gasteiger partial charge in [0.25, 0.3) is 0 Å². The number of hydrogen-bond donors (Lipinski definition) is 2. The largest absolute Gasteiger partial charge is 0.491 e. The van der Waals surface area contributed by atoms with E-state index in [2.05, 4.69) is 9.97 Å². The molecule has 2 N–H and O–H groups in total. The lowest BCUT2D eigenvalue weighted by molar-refractivity contribution is 0.425. The summed E-state index contributed by atoms with van der Waals surface area (Å²) in [5.41, 5.74) is 0.984. The highest BCUT2D eigenvalue weighted by atomic mass is 16.4. The average Bonchev–Trinajstić information content (AvgIpc) is 2.03. The van der Waals surface area contributed by atoms with E-state index in [-0.39, 0.29) is 5.92 Å². The van der Waals surface area contributed by atoms with E-state index >= 15 is 0 Å². The first-order valence-corrected chi connectivity index (χ1v) is 4.22. The van der Waals surface area contributed by atoms with E-state index in [1.807, 2.05) is 13.8 Å². The molecule has 0 saturated heterocycles. The van der Waals surface area contributed by atoms with Crippen molar-refractivity contribution in [3.8, 4) is 0 Å². The second-order valence-electron chi connectivity index (χ2n) is 3.30. The zero-order chi connectivity index (χ0) is 10.0. The molecule has 0 amide bonds. The number of aromatic nitrogens is 2. The molecule has 13 heavy (non-hydrogen) atoms. The van der Waals surface area contributed by atoms with E-state index in [1.165, 1.54) is 6.20 Å². The third kappa shape index (κ3) is 2.26. The molecule has 1 rings (SSSR count). The van der Waals surface area contributed by atoms with Crippen molar-refractivity contribution in [2.24, 2.45) is 0 Å². The molecule has 1 aromatic heterocycles. The minimum absolute atomic E-state index is 0.253. The van der Waals surface area contributed by atoms with Crippen molar-refractivity contribution in [1.29, 1.82) is 0 Å². The fraction of sp³-hybridized carbons (Fsp3) is 0.500. The normalized spacial score (nSPS) is 10.6. The second-order valence-corrected chi connectivity index (χ2v) is 3.30. The summed E-state index contributed by atoms with van der Waals surface area (Å²) >= 11 is 0. The van der Waals surface area contributed by atoms with E-state index in [1.54, 1.807) is 6.92 Å². The summed E-state index contributed by atoms with van der Waals surface area (Å²) in [6.07, 6.45) is 1.46. The Labute approximate surface area is 77.8 Å². The molecule has 0 aliphatic heterocycles. The third-order valence-corrected chi connectivity index (χ3v) is 1.83. The molecule has 0 saturated carbocycles. The minimum atomic E-state index is -1.48. The van der Waals surface area contributed by atoms with Crippen LogP contribution in [0.15, 0.2) is 6.20 Å². The van der Waals surface area contributed by atoms with Crippen LogP contribution in [0.2, 0.25) is 0 Å². The number of aryl methyl sites for hydroxylation is 1. The number of hydrogen-bond acceptors (Lipinski definition) is 4. The van der Waals surface area contributed by atoms with Gasteiger partial charge in [0.2, 0.25) is 0 Å². The quantitative estimate of drug-likeness (QED) is 0.607.